The Balaban J connectivity index is 1.41. The lowest BCUT2D eigenvalue weighted by Gasteiger charge is -2.15. The van der Waals surface area contributed by atoms with Gasteiger partial charge in [-0.3, -0.25) is 9.59 Å². The smallest absolute Gasteiger partial charge is 0.263 e. The molecular weight excluding hydrogens is 348 g/mol. The summed E-state index contributed by atoms with van der Waals surface area (Å²) in [5.74, 6) is 1.14. The van der Waals surface area contributed by atoms with Crippen LogP contribution in [0.25, 0.3) is 0 Å². The zero-order valence-corrected chi connectivity index (χ0v) is 15.0. The van der Waals surface area contributed by atoms with Gasteiger partial charge in [-0.2, -0.15) is 5.26 Å². The highest BCUT2D eigenvalue weighted by Crippen LogP contribution is 2.32. The second kappa shape index (κ2) is 8.94. The Hall–Kier alpha value is -3.21. The Morgan fingerprint density at radius 1 is 1.33 bits per heavy atom. The minimum Gasteiger partial charge on any atom is -0.454 e. The number of nitrogens with one attached hydrogen (secondary N) is 2. The molecule has 0 aliphatic carbocycles. The van der Waals surface area contributed by atoms with Crippen LogP contribution in [0.3, 0.4) is 0 Å². The summed E-state index contributed by atoms with van der Waals surface area (Å²) in [4.78, 5) is 25.4. The van der Waals surface area contributed by atoms with Crippen molar-refractivity contribution in [2.75, 3.05) is 26.4 Å². The molecule has 1 aromatic rings. The van der Waals surface area contributed by atoms with E-state index in [0.717, 1.165) is 18.5 Å². The zero-order chi connectivity index (χ0) is 19.1. The maximum Gasteiger partial charge on any atom is 0.263 e. The van der Waals surface area contributed by atoms with Gasteiger partial charge in [0.2, 0.25) is 12.7 Å². The number of carbonyl (C=O) groups is 2. The van der Waals surface area contributed by atoms with Crippen LogP contribution < -0.4 is 20.1 Å². The fourth-order valence-electron chi connectivity index (χ4n) is 2.98. The predicted molar refractivity (Wildman–Crippen MR) is 96.5 cm³/mol. The molecule has 0 bridgehead atoms. The summed E-state index contributed by atoms with van der Waals surface area (Å²) in [6.07, 6.45) is 3.59. The molecule has 0 unspecified atom stereocenters. The summed E-state index contributed by atoms with van der Waals surface area (Å²) in [7, 11) is 0. The van der Waals surface area contributed by atoms with E-state index in [0.29, 0.717) is 44.0 Å². The van der Waals surface area contributed by atoms with E-state index in [4.69, 9.17) is 9.47 Å². The number of rotatable bonds is 8. The van der Waals surface area contributed by atoms with Gasteiger partial charge < -0.3 is 25.0 Å². The number of likely N-dealkylation sites (tertiary alicyclic amines) is 1. The van der Waals surface area contributed by atoms with Crippen molar-refractivity contribution in [2.24, 2.45) is 0 Å². The standard InChI is InChI=1S/C19H22N4O4/c20-10-15(19(25)22-6-2-8-23-7-1-3-18(23)24)12-21-11-14-4-5-16-17(9-14)27-13-26-16/h4-5,9,12,21H,1-3,6-8,11,13H2,(H,22,25)/b15-12-. The molecule has 2 N–H and O–H groups in total. The van der Waals surface area contributed by atoms with Gasteiger partial charge in [-0.1, -0.05) is 6.07 Å². The number of fused-ring (bicyclic) bond motifs is 1. The first-order valence-electron chi connectivity index (χ1n) is 8.95. The molecule has 0 atom stereocenters. The lowest BCUT2D eigenvalue weighted by Crippen LogP contribution is -2.31. The molecule has 8 heteroatoms. The number of amides is 2. The third-order valence-electron chi connectivity index (χ3n) is 4.42. The quantitative estimate of drug-likeness (QED) is 0.403. The average molecular weight is 370 g/mol. The van der Waals surface area contributed by atoms with Crippen molar-refractivity contribution in [2.45, 2.75) is 25.8 Å². The molecule has 1 fully saturated rings. The predicted octanol–water partition coefficient (Wildman–Crippen LogP) is 1.04. The molecule has 8 nitrogen and oxygen atoms in total. The molecule has 1 aromatic carbocycles. The molecule has 27 heavy (non-hydrogen) atoms. The van der Waals surface area contributed by atoms with E-state index in [9.17, 15) is 14.9 Å². The topological polar surface area (TPSA) is 104 Å². The van der Waals surface area contributed by atoms with Crippen molar-refractivity contribution in [3.8, 4) is 17.6 Å². The highest BCUT2D eigenvalue weighted by Gasteiger charge is 2.19. The molecule has 2 amide bonds. The summed E-state index contributed by atoms with van der Waals surface area (Å²) < 4.78 is 10.6. The largest absolute Gasteiger partial charge is 0.454 e. The van der Waals surface area contributed by atoms with Gasteiger partial charge in [0.15, 0.2) is 11.5 Å². The third kappa shape index (κ3) is 4.91. The highest BCUT2D eigenvalue weighted by molar-refractivity contribution is 5.97. The minimum absolute atomic E-state index is 0.00740. The van der Waals surface area contributed by atoms with Gasteiger partial charge in [0.1, 0.15) is 11.6 Å². The fourth-order valence-corrected chi connectivity index (χ4v) is 2.98. The van der Waals surface area contributed by atoms with E-state index >= 15 is 0 Å². The van der Waals surface area contributed by atoms with Gasteiger partial charge in [0.05, 0.1) is 0 Å². The van der Waals surface area contributed by atoms with Crippen LogP contribution in [0.4, 0.5) is 0 Å². The van der Waals surface area contributed by atoms with E-state index in [1.807, 2.05) is 24.3 Å². The number of hydrogen-bond acceptors (Lipinski definition) is 6. The van der Waals surface area contributed by atoms with Gasteiger partial charge >= 0.3 is 0 Å². The number of nitriles is 1. The average Bonchev–Trinajstić information content (AvgIpc) is 3.30. The van der Waals surface area contributed by atoms with Crippen molar-refractivity contribution in [3.63, 3.8) is 0 Å². The van der Waals surface area contributed by atoms with Gasteiger partial charge in [-0.15, -0.1) is 0 Å². The van der Waals surface area contributed by atoms with Crippen molar-refractivity contribution in [1.82, 2.24) is 15.5 Å². The van der Waals surface area contributed by atoms with Crippen LogP contribution in [0.5, 0.6) is 11.5 Å². The van der Waals surface area contributed by atoms with Gasteiger partial charge in [0, 0.05) is 38.8 Å². The Kier molecular flexibility index (Phi) is 6.15. The molecule has 0 saturated carbocycles. The second-order valence-corrected chi connectivity index (χ2v) is 6.33. The van der Waals surface area contributed by atoms with Crippen LogP contribution in [-0.2, 0) is 16.1 Å². The lowest BCUT2D eigenvalue weighted by molar-refractivity contribution is -0.127. The van der Waals surface area contributed by atoms with Crippen LogP contribution in [0.2, 0.25) is 0 Å². The summed E-state index contributed by atoms with van der Waals surface area (Å²) >= 11 is 0. The summed E-state index contributed by atoms with van der Waals surface area (Å²) in [6, 6.07) is 7.47. The monoisotopic (exact) mass is 370 g/mol. The van der Waals surface area contributed by atoms with E-state index in [2.05, 4.69) is 10.6 Å². The number of carbonyl (C=O) groups excluding carboxylic acids is 2. The maximum atomic E-state index is 12.1. The molecule has 0 radical (unpaired) electrons. The number of benzene rings is 1. The fraction of sp³-hybridized carbons (Fsp3) is 0.421. The SMILES string of the molecule is N#C/C(=C/NCc1ccc2c(c1)OCO2)C(=O)NCCCN1CCCC1=O. The Morgan fingerprint density at radius 3 is 2.96 bits per heavy atom. The van der Waals surface area contributed by atoms with E-state index < -0.39 is 5.91 Å². The van der Waals surface area contributed by atoms with Gasteiger partial charge in [0.25, 0.3) is 5.91 Å². The van der Waals surface area contributed by atoms with Crippen molar-refractivity contribution < 1.29 is 19.1 Å². The molecule has 142 valence electrons. The van der Waals surface area contributed by atoms with Crippen LogP contribution in [0.15, 0.2) is 30.0 Å². The first kappa shape index (κ1) is 18.6. The molecule has 2 heterocycles. The van der Waals surface area contributed by atoms with Gasteiger partial charge in [-0.05, 0) is 30.5 Å². The van der Waals surface area contributed by atoms with Crippen LogP contribution >= 0.6 is 0 Å². The van der Waals surface area contributed by atoms with E-state index in [1.165, 1.54) is 6.20 Å². The second-order valence-electron chi connectivity index (χ2n) is 6.33. The summed E-state index contributed by atoms with van der Waals surface area (Å²) in [5.41, 5.74) is 0.955. The Labute approximate surface area is 157 Å². The van der Waals surface area contributed by atoms with Crippen molar-refractivity contribution >= 4 is 11.8 Å². The number of ether oxygens (including phenoxy) is 2. The molecular formula is C19H22N4O4. The molecule has 2 aliphatic rings. The van der Waals surface area contributed by atoms with Crippen molar-refractivity contribution in [1.29, 1.82) is 5.26 Å². The molecule has 2 aliphatic heterocycles. The first-order chi connectivity index (χ1) is 13.2. The number of nitrogens with zero attached hydrogens (tertiary/aromatic N) is 2. The summed E-state index contributed by atoms with van der Waals surface area (Å²) in [5, 5.41) is 14.9. The van der Waals surface area contributed by atoms with Crippen molar-refractivity contribution in [3.05, 3.63) is 35.5 Å². The van der Waals surface area contributed by atoms with Crippen LogP contribution in [0, 0.1) is 11.3 Å². The number of hydrogen-bond donors (Lipinski definition) is 2. The lowest BCUT2D eigenvalue weighted by atomic mass is 10.2. The van der Waals surface area contributed by atoms with Gasteiger partial charge in [-0.25, -0.2) is 0 Å². The normalized spacial score (nSPS) is 15.6. The zero-order valence-electron chi connectivity index (χ0n) is 15.0. The Morgan fingerprint density at radius 2 is 2.19 bits per heavy atom. The van der Waals surface area contributed by atoms with E-state index in [-0.39, 0.29) is 18.3 Å². The van der Waals surface area contributed by atoms with Crippen LogP contribution in [-0.4, -0.2) is 43.1 Å². The molecule has 0 spiro atoms. The van der Waals surface area contributed by atoms with E-state index in [1.54, 1.807) is 4.90 Å². The minimum atomic E-state index is -0.427. The highest BCUT2D eigenvalue weighted by atomic mass is 16.7. The van der Waals surface area contributed by atoms with Crippen LogP contribution in [0.1, 0.15) is 24.8 Å². The Bertz CT molecular complexity index is 784. The maximum absolute atomic E-state index is 12.1. The molecule has 1 saturated heterocycles. The molecule has 3 rings (SSSR count). The molecule has 0 aromatic heterocycles. The summed E-state index contributed by atoms with van der Waals surface area (Å²) in [6.45, 7) is 2.51. The first-order valence-corrected chi connectivity index (χ1v) is 8.95. The third-order valence-corrected chi connectivity index (χ3v) is 4.42.